The highest BCUT2D eigenvalue weighted by atomic mass is 32.2. The predicted octanol–water partition coefficient (Wildman–Crippen LogP) is 0.630. The first-order valence-corrected chi connectivity index (χ1v) is 5.67. The Kier molecular flexibility index (Phi) is 3.05. The molecule has 1 aliphatic heterocycles. The normalized spacial score (nSPS) is 24.0. The van der Waals surface area contributed by atoms with Gasteiger partial charge in [-0.15, -0.1) is 0 Å². The van der Waals surface area contributed by atoms with Crippen LogP contribution >= 0.6 is 11.8 Å². The summed E-state index contributed by atoms with van der Waals surface area (Å²) >= 11 is 1.84. The Labute approximate surface area is 86.1 Å². The standard InChI is InChI=1S/C8H13N3O2S/c9-5(4-12)8-10-7(11-13-8)6-2-1-3-14-6/h5-6,12H,1-4,9H2/t5-,6?/m0/s1. The van der Waals surface area contributed by atoms with E-state index in [1.807, 2.05) is 11.8 Å². The highest BCUT2D eigenvalue weighted by Crippen LogP contribution is 2.38. The molecule has 1 saturated heterocycles. The minimum atomic E-state index is -0.553. The maximum atomic E-state index is 8.80. The minimum Gasteiger partial charge on any atom is -0.394 e. The fraction of sp³-hybridized carbons (Fsp3) is 0.750. The number of hydrogen-bond acceptors (Lipinski definition) is 6. The molecule has 1 aromatic rings. The number of aliphatic hydroxyl groups is 1. The van der Waals surface area contributed by atoms with Crippen molar-refractivity contribution in [2.24, 2.45) is 5.73 Å². The number of hydrogen-bond donors (Lipinski definition) is 2. The van der Waals surface area contributed by atoms with Gasteiger partial charge in [-0.25, -0.2) is 0 Å². The molecule has 1 unspecified atom stereocenters. The summed E-state index contributed by atoms with van der Waals surface area (Å²) in [6.45, 7) is -0.167. The number of rotatable bonds is 3. The molecular formula is C8H13N3O2S. The molecule has 5 nitrogen and oxygen atoms in total. The van der Waals surface area contributed by atoms with Crippen LogP contribution in [-0.2, 0) is 0 Å². The van der Waals surface area contributed by atoms with Crippen LogP contribution in [0.25, 0.3) is 0 Å². The lowest BCUT2D eigenvalue weighted by molar-refractivity contribution is 0.236. The molecule has 1 fully saturated rings. The van der Waals surface area contributed by atoms with Gasteiger partial charge < -0.3 is 15.4 Å². The van der Waals surface area contributed by atoms with Crippen LogP contribution in [0, 0.1) is 0 Å². The van der Waals surface area contributed by atoms with E-state index < -0.39 is 6.04 Å². The number of aromatic nitrogens is 2. The predicted molar refractivity (Wildman–Crippen MR) is 52.7 cm³/mol. The molecule has 2 heterocycles. The number of thioether (sulfide) groups is 1. The topological polar surface area (TPSA) is 85.2 Å². The first-order valence-electron chi connectivity index (χ1n) is 4.63. The molecule has 0 spiro atoms. The third-order valence-electron chi connectivity index (χ3n) is 2.19. The van der Waals surface area contributed by atoms with E-state index in [0.717, 1.165) is 12.2 Å². The van der Waals surface area contributed by atoms with Crippen molar-refractivity contribution in [3.8, 4) is 0 Å². The summed E-state index contributed by atoms with van der Waals surface area (Å²) < 4.78 is 4.97. The van der Waals surface area contributed by atoms with Crippen molar-refractivity contribution >= 4 is 11.8 Å². The second-order valence-electron chi connectivity index (χ2n) is 3.28. The van der Waals surface area contributed by atoms with E-state index in [1.165, 1.54) is 6.42 Å². The van der Waals surface area contributed by atoms with Crippen molar-refractivity contribution in [2.75, 3.05) is 12.4 Å². The van der Waals surface area contributed by atoms with Crippen molar-refractivity contribution < 1.29 is 9.63 Å². The number of aliphatic hydroxyl groups excluding tert-OH is 1. The summed E-state index contributed by atoms with van der Waals surface area (Å²) in [6.07, 6.45) is 2.29. The molecule has 6 heteroatoms. The second-order valence-corrected chi connectivity index (χ2v) is 4.59. The zero-order valence-electron chi connectivity index (χ0n) is 7.72. The summed E-state index contributed by atoms with van der Waals surface area (Å²) in [5.74, 6) is 2.20. The van der Waals surface area contributed by atoms with E-state index in [9.17, 15) is 0 Å². The lowest BCUT2D eigenvalue weighted by atomic mass is 10.2. The summed E-state index contributed by atoms with van der Waals surface area (Å²) in [6, 6.07) is -0.553. The van der Waals surface area contributed by atoms with Crippen LogP contribution in [0.15, 0.2) is 4.52 Å². The molecule has 78 valence electrons. The summed E-state index contributed by atoms with van der Waals surface area (Å²) in [7, 11) is 0. The van der Waals surface area contributed by atoms with Gasteiger partial charge in [-0.1, -0.05) is 5.16 Å². The average molecular weight is 215 g/mol. The first kappa shape index (κ1) is 9.95. The van der Waals surface area contributed by atoms with Gasteiger partial charge in [0.1, 0.15) is 6.04 Å². The SMILES string of the molecule is N[C@@H](CO)c1nc(C2CCCS2)no1. The van der Waals surface area contributed by atoms with Gasteiger partial charge in [-0.3, -0.25) is 0 Å². The van der Waals surface area contributed by atoms with Gasteiger partial charge in [0, 0.05) is 0 Å². The highest BCUT2D eigenvalue weighted by Gasteiger charge is 2.24. The van der Waals surface area contributed by atoms with Gasteiger partial charge in [0.05, 0.1) is 11.9 Å². The third-order valence-corrected chi connectivity index (χ3v) is 3.56. The van der Waals surface area contributed by atoms with Crippen LogP contribution in [0.2, 0.25) is 0 Å². The Balaban J connectivity index is 2.08. The molecule has 14 heavy (non-hydrogen) atoms. The maximum absolute atomic E-state index is 8.80. The zero-order chi connectivity index (χ0) is 9.97. The highest BCUT2D eigenvalue weighted by molar-refractivity contribution is 7.99. The quantitative estimate of drug-likeness (QED) is 0.769. The van der Waals surface area contributed by atoms with Crippen LogP contribution in [0.3, 0.4) is 0 Å². The summed E-state index contributed by atoms with van der Waals surface area (Å²) in [5, 5.41) is 13.0. The molecule has 1 aliphatic rings. The molecule has 2 atom stereocenters. The van der Waals surface area contributed by atoms with E-state index in [4.69, 9.17) is 15.4 Å². The average Bonchev–Trinajstić information content (AvgIpc) is 2.86. The maximum Gasteiger partial charge on any atom is 0.245 e. The molecule has 2 rings (SSSR count). The molecule has 0 bridgehead atoms. The zero-order valence-corrected chi connectivity index (χ0v) is 8.54. The van der Waals surface area contributed by atoms with Crippen molar-refractivity contribution in [1.82, 2.24) is 10.1 Å². The van der Waals surface area contributed by atoms with E-state index in [2.05, 4.69) is 10.1 Å². The van der Waals surface area contributed by atoms with Gasteiger partial charge in [0.25, 0.3) is 0 Å². The molecule has 3 N–H and O–H groups in total. The van der Waals surface area contributed by atoms with Crippen LogP contribution in [0.5, 0.6) is 0 Å². The largest absolute Gasteiger partial charge is 0.394 e. The fourth-order valence-electron chi connectivity index (χ4n) is 1.39. The van der Waals surface area contributed by atoms with Crippen LogP contribution in [0.4, 0.5) is 0 Å². The molecular weight excluding hydrogens is 202 g/mol. The van der Waals surface area contributed by atoms with Gasteiger partial charge >= 0.3 is 0 Å². The van der Waals surface area contributed by atoms with E-state index >= 15 is 0 Å². The molecule has 0 saturated carbocycles. The first-order chi connectivity index (χ1) is 6.81. The Morgan fingerprint density at radius 2 is 2.57 bits per heavy atom. The van der Waals surface area contributed by atoms with Crippen LogP contribution < -0.4 is 5.73 Å². The van der Waals surface area contributed by atoms with E-state index in [-0.39, 0.29) is 6.61 Å². The molecule has 0 radical (unpaired) electrons. The molecule has 0 aromatic carbocycles. The molecule has 1 aromatic heterocycles. The Bertz CT molecular complexity index is 299. The van der Waals surface area contributed by atoms with Crippen molar-refractivity contribution in [3.63, 3.8) is 0 Å². The Hall–Kier alpha value is -0.590. The summed E-state index contributed by atoms with van der Waals surface area (Å²) in [5.41, 5.74) is 5.55. The summed E-state index contributed by atoms with van der Waals surface area (Å²) in [4.78, 5) is 4.18. The minimum absolute atomic E-state index is 0.167. The van der Waals surface area contributed by atoms with Crippen molar-refractivity contribution in [1.29, 1.82) is 0 Å². The van der Waals surface area contributed by atoms with E-state index in [0.29, 0.717) is 17.0 Å². The Morgan fingerprint density at radius 1 is 1.71 bits per heavy atom. The Morgan fingerprint density at radius 3 is 3.21 bits per heavy atom. The van der Waals surface area contributed by atoms with Crippen LogP contribution in [0.1, 0.15) is 35.8 Å². The number of nitrogens with zero attached hydrogens (tertiary/aromatic N) is 2. The lowest BCUT2D eigenvalue weighted by Gasteiger charge is -2.00. The van der Waals surface area contributed by atoms with E-state index in [1.54, 1.807) is 0 Å². The molecule has 0 aliphatic carbocycles. The molecule has 0 amide bonds. The van der Waals surface area contributed by atoms with Gasteiger partial charge in [0.2, 0.25) is 5.89 Å². The smallest absolute Gasteiger partial charge is 0.245 e. The van der Waals surface area contributed by atoms with Gasteiger partial charge in [-0.05, 0) is 18.6 Å². The second kappa shape index (κ2) is 4.29. The number of nitrogens with two attached hydrogens (primary N) is 1. The van der Waals surface area contributed by atoms with Crippen LogP contribution in [-0.4, -0.2) is 27.6 Å². The monoisotopic (exact) mass is 215 g/mol. The van der Waals surface area contributed by atoms with Crippen molar-refractivity contribution in [2.45, 2.75) is 24.1 Å². The van der Waals surface area contributed by atoms with Crippen molar-refractivity contribution in [3.05, 3.63) is 11.7 Å². The third kappa shape index (κ3) is 1.92. The fourth-order valence-corrected chi connectivity index (χ4v) is 2.58. The lowest BCUT2D eigenvalue weighted by Crippen LogP contribution is -2.14. The van der Waals surface area contributed by atoms with Gasteiger partial charge in [0.15, 0.2) is 5.82 Å². The van der Waals surface area contributed by atoms with Gasteiger partial charge in [-0.2, -0.15) is 16.7 Å².